The molecule has 1 saturated heterocycles. The van der Waals surface area contributed by atoms with Crippen LogP contribution in [0.15, 0.2) is 29.8 Å². The summed E-state index contributed by atoms with van der Waals surface area (Å²) in [6.45, 7) is 2.80. The average molecular weight is 260 g/mol. The van der Waals surface area contributed by atoms with Crippen LogP contribution in [0, 0.1) is 0 Å². The minimum atomic E-state index is -0.371. The van der Waals surface area contributed by atoms with Crippen LogP contribution in [0.3, 0.4) is 0 Å². The number of fused-ring (bicyclic) bond motifs is 1. The Hall–Kier alpha value is -1.81. The van der Waals surface area contributed by atoms with Gasteiger partial charge in [-0.2, -0.15) is 0 Å². The van der Waals surface area contributed by atoms with E-state index in [-0.39, 0.29) is 12.1 Å². The fourth-order valence-corrected chi connectivity index (χ4v) is 2.41. The molecule has 2 aliphatic rings. The van der Waals surface area contributed by atoms with Gasteiger partial charge in [0.05, 0.1) is 11.6 Å². The molecule has 100 valence electrons. The Balaban J connectivity index is 1.77. The molecule has 0 aromatic heterocycles. The molecule has 1 aromatic carbocycles. The summed E-state index contributed by atoms with van der Waals surface area (Å²) in [5.74, 6) is 3.43. The van der Waals surface area contributed by atoms with Crippen LogP contribution in [0.5, 0.6) is 11.5 Å². The lowest BCUT2D eigenvalue weighted by atomic mass is 10.0. The maximum Gasteiger partial charge on any atom is 0.166 e. The maximum absolute atomic E-state index is 11.3. The van der Waals surface area contributed by atoms with E-state index >= 15 is 0 Å². The number of ether oxygens (including phenoxy) is 2. The van der Waals surface area contributed by atoms with Crippen LogP contribution < -0.4 is 20.1 Å². The van der Waals surface area contributed by atoms with Gasteiger partial charge in [0.25, 0.3) is 0 Å². The van der Waals surface area contributed by atoms with E-state index in [1.807, 2.05) is 30.2 Å². The van der Waals surface area contributed by atoms with E-state index in [0.717, 1.165) is 18.8 Å². The van der Waals surface area contributed by atoms with E-state index < -0.39 is 0 Å². The molecule has 2 aliphatic heterocycles. The number of carbonyl (C=O) groups excluding carboxylic acids is 1. The molecule has 2 atom stereocenters. The number of para-hydroxylation sites is 2. The fraction of sp³-hybridized carbons (Fsp3) is 0.429. The quantitative estimate of drug-likeness (QED) is 0.741. The lowest BCUT2D eigenvalue weighted by molar-refractivity contribution is 0.109. The molecule has 0 radical (unpaired) electrons. The van der Waals surface area contributed by atoms with Crippen LogP contribution in [-0.4, -0.2) is 44.3 Å². The molecule has 0 amide bonds. The van der Waals surface area contributed by atoms with Crippen molar-refractivity contribution >= 4 is 5.94 Å². The van der Waals surface area contributed by atoms with Crippen molar-refractivity contribution < 1.29 is 14.3 Å². The van der Waals surface area contributed by atoms with Crippen LogP contribution >= 0.6 is 0 Å². The van der Waals surface area contributed by atoms with Crippen molar-refractivity contribution in [2.24, 2.45) is 0 Å². The molecule has 1 aromatic rings. The highest BCUT2D eigenvalue weighted by atomic mass is 16.6. The van der Waals surface area contributed by atoms with E-state index in [4.69, 9.17) is 9.47 Å². The van der Waals surface area contributed by atoms with Crippen molar-refractivity contribution in [2.75, 3.05) is 26.2 Å². The Morgan fingerprint density at radius 2 is 2.11 bits per heavy atom. The zero-order chi connectivity index (χ0) is 13.1. The van der Waals surface area contributed by atoms with Crippen molar-refractivity contribution in [1.82, 2.24) is 10.6 Å². The SMILES string of the molecule is O=C=C(C1CNCCN1)C1COc2ccccc2O1. The number of rotatable bonds is 2. The highest BCUT2D eigenvalue weighted by molar-refractivity contribution is 5.57. The van der Waals surface area contributed by atoms with Crippen LogP contribution in [0.2, 0.25) is 0 Å². The zero-order valence-corrected chi connectivity index (χ0v) is 10.5. The minimum Gasteiger partial charge on any atom is -0.485 e. The van der Waals surface area contributed by atoms with Crippen LogP contribution in [0.4, 0.5) is 0 Å². The molecule has 1 fully saturated rings. The van der Waals surface area contributed by atoms with Gasteiger partial charge in [-0.15, -0.1) is 0 Å². The topological polar surface area (TPSA) is 59.6 Å². The third-order valence-electron chi connectivity index (χ3n) is 3.39. The Bertz CT molecular complexity index is 505. The molecule has 5 heteroatoms. The average Bonchev–Trinajstić information content (AvgIpc) is 2.49. The molecule has 2 heterocycles. The molecular formula is C14H16N2O3. The normalized spacial score (nSPS) is 25.5. The second-order valence-corrected chi connectivity index (χ2v) is 4.63. The Labute approximate surface area is 111 Å². The van der Waals surface area contributed by atoms with E-state index in [1.165, 1.54) is 0 Å². The number of piperazine rings is 1. The minimum absolute atomic E-state index is 0.0369. The smallest absolute Gasteiger partial charge is 0.166 e. The van der Waals surface area contributed by atoms with Crippen molar-refractivity contribution in [3.63, 3.8) is 0 Å². The Morgan fingerprint density at radius 3 is 2.84 bits per heavy atom. The first-order chi connectivity index (χ1) is 9.38. The predicted molar refractivity (Wildman–Crippen MR) is 70.2 cm³/mol. The molecule has 2 unspecified atom stereocenters. The largest absolute Gasteiger partial charge is 0.485 e. The van der Waals surface area contributed by atoms with Gasteiger partial charge in [0.1, 0.15) is 12.5 Å². The van der Waals surface area contributed by atoms with Crippen LogP contribution in [0.1, 0.15) is 0 Å². The highest BCUT2D eigenvalue weighted by Gasteiger charge is 2.30. The molecule has 0 spiro atoms. The molecule has 19 heavy (non-hydrogen) atoms. The summed E-state index contributed by atoms with van der Waals surface area (Å²) in [6.07, 6.45) is -0.371. The van der Waals surface area contributed by atoms with Crippen molar-refractivity contribution in [2.45, 2.75) is 12.1 Å². The summed E-state index contributed by atoms with van der Waals surface area (Å²) < 4.78 is 11.5. The molecule has 0 aliphatic carbocycles. The second-order valence-electron chi connectivity index (χ2n) is 4.63. The third-order valence-corrected chi connectivity index (χ3v) is 3.39. The van der Waals surface area contributed by atoms with Gasteiger partial charge < -0.3 is 20.1 Å². The summed E-state index contributed by atoms with van der Waals surface area (Å²) in [5, 5.41) is 6.54. The molecule has 5 nitrogen and oxygen atoms in total. The van der Waals surface area contributed by atoms with E-state index in [9.17, 15) is 4.79 Å². The van der Waals surface area contributed by atoms with Crippen LogP contribution in [0.25, 0.3) is 0 Å². The summed E-state index contributed by atoms with van der Waals surface area (Å²) in [4.78, 5) is 11.3. The van der Waals surface area contributed by atoms with Gasteiger partial charge in [0.2, 0.25) is 0 Å². The second kappa shape index (κ2) is 5.45. The van der Waals surface area contributed by atoms with Gasteiger partial charge in [-0.1, -0.05) is 12.1 Å². The predicted octanol–water partition coefficient (Wildman–Crippen LogP) is 0.146. The van der Waals surface area contributed by atoms with Crippen molar-refractivity contribution in [3.05, 3.63) is 29.8 Å². The number of hydrogen-bond acceptors (Lipinski definition) is 5. The summed E-state index contributed by atoms with van der Waals surface area (Å²) in [6, 6.07) is 7.44. The van der Waals surface area contributed by atoms with Gasteiger partial charge in [0, 0.05) is 19.6 Å². The molecule has 0 saturated carbocycles. The van der Waals surface area contributed by atoms with Gasteiger partial charge in [0.15, 0.2) is 17.6 Å². The van der Waals surface area contributed by atoms with Crippen molar-refractivity contribution in [1.29, 1.82) is 0 Å². The van der Waals surface area contributed by atoms with Gasteiger partial charge >= 0.3 is 0 Å². The zero-order valence-electron chi connectivity index (χ0n) is 10.5. The highest BCUT2D eigenvalue weighted by Crippen LogP contribution is 2.32. The Kier molecular flexibility index (Phi) is 3.51. The summed E-state index contributed by atoms with van der Waals surface area (Å²) in [7, 11) is 0. The maximum atomic E-state index is 11.3. The van der Waals surface area contributed by atoms with E-state index in [0.29, 0.717) is 24.5 Å². The van der Waals surface area contributed by atoms with Crippen molar-refractivity contribution in [3.8, 4) is 11.5 Å². The lowest BCUT2D eigenvalue weighted by Gasteiger charge is -2.32. The summed E-state index contributed by atoms with van der Waals surface area (Å²) in [5.41, 5.74) is 0.585. The third kappa shape index (κ3) is 2.49. The van der Waals surface area contributed by atoms with Gasteiger partial charge in [-0.3, -0.25) is 0 Å². The fourth-order valence-electron chi connectivity index (χ4n) is 2.41. The van der Waals surface area contributed by atoms with E-state index in [2.05, 4.69) is 10.6 Å². The Morgan fingerprint density at radius 1 is 1.26 bits per heavy atom. The molecule has 3 rings (SSSR count). The molecular weight excluding hydrogens is 244 g/mol. The monoisotopic (exact) mass is 260 g/mol. The first-order valence-electron chi connectivity index (χ1n) is 6.46. The van der Waals surface area contributed by atoms with Gasteiger partial charge in [-0.25, -0.2) is 4.79 Å². The lowest BCUT2D eigenvalue weighted by Crippen LogP contribution is -2.52. The van der Waals surface area contributed by atoms with Gasteiger partial charge in [-0.05, 0) is 12.1 Å². The number of nitrogens with one attached hydrogen (secondary N) is 2. The number of benzene rings is 1. The molecule has 2 N–H and O–H groups in total. The number of hydrogen-bond donors (Lipinski definition) is 2. The summed E-state index contributed by atoms with van der Waals surface area (Å²) >= 11 is 0. The first-order valence-corrected chi connectivity index (χ1v) is 6.46. The standard InChI is InChI=1S/C14H16N2O3/c17-8-10(11-7-15-5-6-16-11)14-9-18-12-3-1-2-4-13(12)19-14/h1-4,11,14-16H,5-7,9H2. The van der Waals surface area contributed by atoms with E-state index in [1.54, 1.807) is 0 Å². The van der Waals surface area contributed by atoms with Crippen LogP contribution in [-0.2, 0) is 4.79 Å². The first kappa shape index (κ1) is 12.2. The molecule has 0 bridgehead atoms.